The number of benzene rings is 7. The molecule has 0 fully saturated rings. The third-order valence-corrected chi connectivity index (χ3v) is 9.12. The zero-order valence-electron chi connectivity index (χ0n) is 28.9. The molecular weight excluding hydrogens is 613 g/mol. The lowest BCUT2D eigenvalue weighted by Crippen LogP contribution is -2.11. The first-order chi connectivity index (χ1) is 24.5. The number of para-hydroxylation sites is 2. The van der Waals surface area contributed by atoms with E-state index in [9.17, 15) is 0 Å². The molecule has 7 aromatic rings. The molecule has 50 heavy (non-hydrogen) atoms. The summed E-state index contributed by atoms with van der Waals surface area (Å²) in [6, 6.07) is 59.8. The number of anilines is 6. The van der Waals surface area contributed by atoms with Gasteiger partial charge in [0.25, 0.3) is 0 Å². The van der Waals surface area contributed by atoms with Gasteiger partial charge in [-0.2, -0.15) is 0 Å². The van der Waals surface area contributed by atoms with Crippen LogP contribution in [0.3, 0.4) is 0 Å². The van der Waals surface area contributed by atoms with Crippen molar-refractivity contribution in [1.29, 1.82) is 0 Å². The fourth-order valence-corrected chi connectivity index (χ4v) is 6.48. The second kappa shape index (κ2) is 14.5. The summed E-state index contributed by atoms with van der Waals surface area (Å²) in [6.07, 6.45) is 0. The van der Waals surface area contributed by atoms with Crippen LogP contribution in [0.2, 0.25) is 0 Å². The van der Waals surface area contributed by atoms with Crippen LogP contribution in [0.1, 0.15) is 11.1 Å². The molecule has 0 aliphatic heterocycles. The molecule has 0 amide bonds. The van der Waals surface area contributed by atoms with E-state index in [0.717, 1.165) is 56.8 Å². The maximum absolute atomic E-state index is 5.48. The van der Waals surface area contributed by atoms with Crippen LogP contribution in [0.25, 0.3) is 22.3 Å². The molecule has 0 saturated heterocycles. The minimum Gasteiger partial charge on any atom is -0.497 e. The Morgan fingerprint density at radius 1 is 0.340 bits per heavy atom. The second-order valence-corrected chi connectivity index (χ2v) is 12.3. The zero-order chi connectivity index (χ0) is 34.5. The summed E-state index contributed by atoms with van der Waals surface area (Å²) in [5.74, 6) is 1.71. The van der Waals surface area contributed by atoms with Gasteiger partial charge in [0, 0.05) is 34.1 Å². The van der Waals surface area contributed by atoms with Gasteiger partial charge in [-0.05, 0) is 132 Å². The molecule has 0 N–H and O–H groups in total. The first-order valence-electron chi connectivity index (χ1n) is 16.8. The molecular formula is C46H40N2O2. The first kappa shape index (κ1) is 32.3. The van der Waals surface area contributed by atoms with Crippen molar-refractivity contribution >= 4 is 34.1 Å². The predicted molar refractivity (Wildman–Crippen MR) is 209 cm³/mol. The molecule has 0 bridgehead atoms. The number of hydrogen-bond acceptors (Lipinski definition) is 4. The summed E-state index contributed by atoms with van der Waals surface area (Å²) in [5.41, 5.74) is 13.6. The maximum Gasteiger partial charge on any atom is 0.119 e. The van der Waals surface area contributed by atoms with Gasteiger partial charge in [0.1, 0.15) is 11.5 Å². The monoisotopic (exact) mass is 652 g/mol. The van der Waals surface area contributed by atoms with Crippen molar-refractivity contribution in [2.75, 3.05) is 24.0 Å². The van der Waals surface area contributed by atoms with Crippen LogP contribution in [0, 0.1) is 13.8 Å². The highest BCUT2D eigenvalue weighted by Gasteiger charge is 2.17. The van der Waals surface area contributed by atoms with Crippen molar-refractivity contribution in [2.24, 2.45) is 0 Å². The molecule has 0 aromatic heterocycles. The van der Waals surface area contributed by atoms with Crippen molar-refractivity contribution in [2.45, 2.75) is 13.8 Å². The number of nitrogens with zero attached hydrogens (tertiary/aromatic N) is 2. The Kier molecular flexibility index (Phi) is 9.35. The van der Waals surface area contributed by atoms with E-state index >= 15 is 0 Å². The molecule has 246 valence electrons. The molecule has 4 heteroatoms. The zero-order valence-corrected chi connectivity index (χ0v) is 28.9. The van der Waals surface area contributed by atoms with Crippen LogP contribution in [-0.4, -0.2) is 14.2 Å². The summed E-state index contributed by atoms with van der Waals surface area (Å²) in [6.45, 7) is 4.25. The average molecular weight is 653 g/mol. The minimum atomic E-state index is 0.854. The van der Waals surface area contributed by atoms with Gasteiger partial charge < -0.3 is 19.3 Å². The summed E-state index contributed by atoms with van der Waals surface area (Å²) in [5, 5.41) is 0. The topological polar surface area (TPSA) is 24.9 Å². The predicted octanol–water partition coefficient (Wildman–Crippen LogP) is 12.6. The average Bonchev–Trinajstić information content (AvgIpc) is 3.18. The highest BCUT2D eigenvalue weighted by molar-refractivity contribution is 5.82. The van der Waals surface area contributed by atoms with E-state index in [1.54, 1.807) is 14.2 Å². The van der Waals surface area contributed by atoms with Gasteiger partial charge in [-0.1, -0.05) is 84.9 Å². The molecule has 0 aliphatic carbocycles. The van der Waals surface area contributed by atoms with Crippen molar-refractivity contribution in [3.05, 3.63) is 181 Å². The Bertz CT molecular complexity index is 2020. The van der Waals surface area contributed by atoms with E-state index in [0.29, 0.717) is 0 Å². The number of hydrogen-bond donors (Lipinski definition) is 0. The second-order valence-electron chi connectivity index (χ2n) is 12.3. The highest BCUT2D eigenvalue weighted by atomic mass is 16.5. The van der Waals surface area contributed by atoms with Gasteiger partial charge in [-0.25, -0.2) is 0 Å². The van der Waals surface area contributed by atoms with E-state index in [4.69, 9.17) is 9.47 Å². The van der Waals surface area contributed by atoms with Crippen LogP contribution in [0.5, 0.6) is 11.5 Å². The van der Waals surface area contributed by atoms with Gasteiger partial charge in [-0.15, -0.1) is 0 Å². The largest absolute Gasteiger partial charge is 0.497 e. The molecule has 0 aliphatic rings. The van der Waals surface area contributed by atoms with Crippen molar-refractivity contribution < 1.29 is 9.47 Å². The van der Waals surface area contributed by atoms with Crippen LogP contribution in [0.15, 0.2) is 170 Å². The third kappa shape index (κ3) is 6.69. The molecule has 0 atom stereocenters. The Morgan fingerprint density at radius 2 is 0.640 bits per heavy atom. The molecule has 0 radical (unpaired) electrons. The quantitative estimate of drug-likeness (QED) is 0.147. The Labute approximate surface area is 295 Å². The lowest BCUT2D eigenvalue weighted by atomic mass is 9.99. The van der Waals surface area contributed by atoms with Gasteiger partial charge in [0.05, 0.1) is 14.2 Å². The van der Waals surface area contributed by atoms with Crippen LogP contribution in [-0.2, 0) is 0 Å². The lowest BCUT2D eigenvalue weighted by Gasteiger charge is -2.27. The fraction of sp³-hybridized carbons (Fsp3) is 0.0870. The molecule has 0 saturated carbocycles. The molecule has 4 nitrogen and oxygen atoms in total. The molecule has 7 rings (SSSR count). The number of methoxy groups -OCH3 is 2. The number of ether oxygens (including phenoxy) is 2. The third-order valence-electron chi connectivity index (χ3n) is 9.12. The van der Waals surface area contributed by atoms with E-state index in [1.807, 2.05) is 24.3 Å². The van der Waals surface area contributed by atoms with E-state index in [-0.39, 0.29) is 0 Å². The molecule has 0 heterocycles. The lowest BCUT2D eigenvalue weighted by molar-refractivity contribution is 0.414. The minimum absolute atomic E-state index is 0.854. The van der Waals surface area contributed by atoms with Crippen LogP contribution < -0.4 is 19.3 Å². The summed E-state index contributed by atoms with van der Waals surface area (Å²) in [7, 11) is 3.41. The van der Waals surface area contributed by atoms with E-state index in [1.165, 1.54) is 22.3 Å². The molecule has 0 unspecified atom stereocenters. The van der Waals surface area contributed by atoms with Crippen molar-refractivity contribution in [3.8, 4) is 33.8 Å². The fourth-order valence-electron chi connectivity index (χ4n) is 6.48. The maximum atomic E-state index is 5.48. The number of rotatable bonds is 10. The summed E-state index contributed by atoms with van der Waals surface area (Å²) < 4.78 is 11.0. The van der Waals surface area contributed by atoms with Gasteiger partial charge >= 0.3 is 0 Å². The summed E-state index contributed by atoms with van der Waals surface area (Å²) >= 11 is 0. The van der Waals surface area contributed by atoms with Crippen LogP contribution >= 0.6 is 0 Å². The smallest absolute Gasteiger partial charge is 0.119 e. The Hall–Kier alpha value is -6.26. The van der Waals surface area contributed by atoms with Gasteiger partial charge in [0.2, 0.25) is 0 Å². The van der Waals surface area contributed by atoms with Gasteiger partial charge in [0.15, 0.2) is 0 Å². The van der Waals surface area contributed by atoms with Crippen molar-refractivity contribution in [3.63, 3.8) is 0 Å². The Balaban J connectivity index is 1.14. The Morgan fingerprint density at radius 3 is 0.940 bits per heavy atom. The normalized spacial score (nSPS) is 10.8. The molecule has 0 spiro atoms. The first-order valence-corrected chi connectivity index (χ1v) is 16.8. The number of aryl methyl sites for hydroxylation is 2. The van der Waals surface area contributed by atoms with E-state index in [2.05, 4.69) is 169 Å². The standard InChI is InChI=1S/C46H40N2O2/c1-33-31-43(49-3)27-29-45(33)47(39-11-7-5-8-12-39)41-23-19-37(20-24-41)35-15-17-36(18-16-35)38-21-25-42(26-22-38)48(40-13-9-6-10-14-40)46-30-28-44(50-4)32-34(46)2/h5-32H,1-4H3. The highest BCUT2D eigenvalue weighted by Crippen LogP contribution is 2.40. The summed E-state index contributed by atoms with van der Waals surface area (Å²) in [4.78, 5) is 4.58. The van der Waals surface area contributed by atoms with E-state index < -0.39 is 0 Å². The SMILES string of the molecule is COc1ccc(N(c2ccccc2)c2ccc(-c3ccc(-c4ccc(N(c5ccccc5)c5ccc(OC)cc5C)cc4)cc3)cc2)c(C)c1. The van der Waals surface area contributed by atoms with Crippen molar-refractivity contribution in [1.82, 2.24) is 0 Å². The molecule has 7 aromatic carbocycles. The van der Waals surface area contributed by atoms with Crippen LogP contribution in [0.4, 0.5) is 34.1 Å². The van der Waals surface area contributed by atoms with Gasteiger partial charge in [-0.3, -0.25) is 0 Å².